The number of hydrogen-bond donors (Lipinski definition) is 0. The maximum Gasteiger partial charge on any atom is 0.210 e. The Hall–Kier alpha value is -2.47. The van der Waals surface area contributed by atoms with E-state index < -0.39 is 9.84 Å². The van der Waals surface area contributed by atoms with Crippen LogP contribution in [0.1, 0.15) is 30.9 Å². The van der Waals surface area contributed by atoms with Crippen molar-refractivity contribution < 1.29 is 12.8 Å². The van der Waals surface area contributed by atoms with Gasteiger partial charge in [-0.25, -0.2) is 12.8 Å². The van der Waals surface area contributed by atoms with Gasteiger partial charge in [0.15, 0.2) is 0 Å². The lowest BCUT2D eigenvalue weighted by Crippen LogP contribution is -2.34. The third kappa shape index (κ3) is 3.62. The second-order valence-electron chi connectivity index (χ2n) is 8.05. The highest BCUT2D eigenvalue weighted by atomic mass is 32.2. The molecular weight excluding hydrogens is 387 g/mol. The number of anilines is 1. The highest BCUT2D eigenvalue weighted by Crippen LogP contribution is 2.38. The molecule has 2 heterocycles. The largest absolute Gasteiger partial charge is 0.370 e. The van der Waals surface area contributed by atoms with Crippen LogP contribution in [0.15, 0.2) is 52.4 Å². The molecule has 0 atom stereocenters. The maximum absolute atomic E-state index is 13.8. The van der Waals surface area contributed by atoms with Crippen molar-refractivity contribution in [1.82, 2.24) is 4.98 Å². The molecule has 1 aliphatic heterocycles. The number of halogens is 1. The number of piperidine rings is 1. The Balaban J connectivity index is 1.94. The summed E-state index contributed by atoms with van der Waals surface area (Å²) in [7, 11) is -3.77. The first-order chi connectivity index (χ1) is 13.8. The minimum atomic E-state index is -3.77. The minimum Gasteiger partial charge on any atom is -0.370 e. The molecule has 4 rings (SSSR count). The molecule has 1 aromatic heterocycles. The van der Waals surface area contributed by atoms with Crippen LogP contribution >= 0.6 is 0 Å². The summed E-state index contributed by atoms with van der Waals surface area (Å²) in [6, 6.07) is 9.55. The molecule has 0 aliphatic carbocycles. The van der Waals surface area contributed by atoms with Gasteiger partial charge in [0.25, 0.3) is 0 Å². The third-order valence-corrected chi connectivity index (χ3v) is 7.70. The summed E-state index contributed by atoms with van der Waals surface area (Å²) in [5.41, 5.74) is 3.08. The molecule has 6 heteroatoms. The minimum absolute atomic E-state index is 0.189. The van der Waals surface area contributed by atoms with Crippen LogP contribution in [0.3, 0.4) is 0 Å². The van der Waals surface area contributed by atoms with E-state index in [1.54, 1.807) is 18.2 Å². The van der Waals surface area contributed by atoms with Crippen molar-refractivity contribution in [3.63, 3.8) is 0 Å². The quantitative estimate of drug-likeness (QED) is 0.603. The van der Waals surface area contributed by atoms with E-state index in [-0.39, 0.29) is 15.6 Å². The summed E-state index contributed by atoms with van der Waals surface area (Å²) in [5.74, 6) is 0.226. The highest BCUT2D eigenvalue weighted by molar-refractivity contribution is 7.91. The van der Waals surface area contributed by atoms with Crippen LogP contribution in [-0.2, 0) is 9.84 Å². The van der Waals surface area contributed by atoms with Gasteiger partial charge in [-0.1, -0.05) is 13.0 Å². The van der Waals surface area contributed by atoms with Gasteiger partial charge in [0.2, 0.25) is 9.84 Å². The van der Waals surface area contributed by atoms with Gasteiger partial charge in [0.1, 0.15) is 10.7 Å². The Labute approximate surface area is 171 Å². The van der Waals surface area contributed by atoms with Gasteiger partial charge in [-0.3, -0.25) is 4.98 Å². The predicted molar refractivity (Wildman–Crippen MR) is 114 cm³/mol. The molecular formula is C23H25FN2O2S. The van der Waals surface area contributed by atoms with Gasteiger partial charge in [-0.15, -0.1) is 0 Å². The lowest BCUT2D eigenvalue weighted by atomic mass is 9.98. The maximum atomic E-state index is 13.8. The van der Waals surface area contributed by atoms with Crippen molar-refractivity contribution in [2.24, 2.45) is 5.92 Å². The molecule has 0 bridgehead atoms. The van der Waals surface area contributed by atoms with Gasteiger partial charge in [0.05, 0.1) is 16.1 Å². The second kappa shape index (κ2) is 7.41. The number of pyridine rings is 1. The summed E-state index contributed by atoms with van der Waals surface area (Å²) in [6.45, 7) is 7.62. The summed E-state index contributed by atoms with van der Waals surface area (Å²) < 4.78 is 41.0. The normalized spacial score (nSPS) is 15.8. The fourth-order valence-electron chi connectivity index (χ4n) is 3.90. The third-order valence-electron chi connectivity index (χ3n) is 5.95. The van der Waals surface area contributed by atoms with Crippen LogP contribution in [0.2, 0.25) is 0 Å². The molecule has 0 radical (unpaired) electrons. The lowest BCUT2D eigenvalue weighted by Gasteiger charge is -2.34. The van der Waals surface area contributed by atoms with Crippen molar-refractivity contribution in [2.75, 3.05) is 18.0 Å². The van der Waals surface area contributed by atoms with E-state index in [1.165, 1.54) is 18.3 Å². The summed E-state index contributed by atoms with van der Waals surface area (Å²) in [4.78, 5) is 6.87. The first-order valence-corrected chi connectivity index (χ1v) is 11.4. The first kappa shape index (κ1) is 19.8. The number of nitrogens with zero attached hydrogens (tertiary/aromatic N) is 2. The number of aromatic nitrogens is 1. The molecule has 1 fully saturated rings. The summed E-state index contributed by atoms with van der Waals surface area (Å²) in [6.07, 6.45) is 3.38. The molecule has 152 valence electrons. The van der Waals surface area contributed by atoms with Crippen LogP contribution in [0.4, 0.5) is 10.1 Å². The zero-order chi connectivity index (χ0) is 20.8. The van der Waals surface area contributed by atoms with Gasteiger partial charge >= 0.3 is 0 Å². The predicted octanol–water partition coefficient (Wildman–Crippen LogP) is 5.06. The fraction of sp³-hybridized carbons (Fsp3) is 0.348. The molecule has 0 spiro atoms. The lowest BCUT2D eigenvalue weighted by molar-refractivity contribution is 0.437. The number of hydrogen-bond acceptors (Lipinski definition) is 4. The second-order valence-corrected chi connectivity index (χ2v) is 9.97. The molecule has 2 aromatic carbocycles. The van der Waals surface area contributed by atoms with E-state index >= 15 is 0 Å². The van der Waals surface area contributed by atoms with E-state index in [0.29, 0.717) is 22.5 Å². The average molecular weight is 413 g/mol. The SMILES string of the molecule is Cc1ccc(S(=O)(=O)c2cnc3cc(F)ccc3c2N2CCC(C)CC2)cc1C. The Morgan fingerprint density at radius 2 is 1.76 bits per heavy atom. The monoisotopic (exact) mass is 412 g/mol. The van der Waals surface area contributed by atoms with Gasteiger partial charge in [-0.05, 0) is 68.0 Å². The van der Waals surface area contributed by atoms with Gasteiger partial charge in [-0.2, -0.15) is 0 Å². The summed E-state index contributed by atoms with van der Waals surface area (Å²) in [5, 5.41) is 0.672. The first-order valence-electron chi connectivity index (χ1n) is 9.93. The highest BCUT2D eigenvalue weighted by Gasteiger charge is 2.28. The smallest absolute Gasteiger partial charge is 0.210 e. The number of fused-ring (bicyclic) bond motifs is 1. The Morgan fingerprint density at radius 1 is 1.03 bits per heavy atom. The van der Waals surface area contributed by atoms with Gasteiger partial charge in [0, 0.05) is 30.7 Å². The molecule has 0 N–H and O–H groups in total. The molecule has 1 saturated heterocycles. The Kier molecular flexibility index (Phi) is 5.07. The standard InChI is InChI=1S/C23H25FN2O2S/c1-15-8-10-26(11-9-15)23-20-7-5-18(24)13-21(20)25-14-22(23)29(27,28)19-6-4-16(2)17(3)12-19/h4-7,12-15H,8-11H2,1-3H3. The Bertz CT molecular complexity index is 1180. The molecule has 3 aromatic rings. The molecule has 29 heavy (non-hydrogen) atoms. The van der Waals surface area contributed by atoms with E-state index in [2.05, 4.69) is 16.8 Å². The topological polar surface area (TPSA) is 50.3 Å². The zero-order valence-corrected chi connectivity index (χ0v) is 17.8. The molecule has 0 saturated carbocycles. The molecule has 1 aliphatic rings. The zero-order valence-electron chi connectivity index (χ0n) is 16.9. The van der Waals surface area contributed by atoms with Crippen LogP contribution in [0.25, 0.3) is 10.9 Å². The summed E-state index contributed by atoms with van der Waals surface area (Å²) >= 11 is 0. The molecule has 0 amide bonds. The number of benzene rings is 2. The molecule has 4 nitrogen and oxygen atoms in total. The van der Waals surface area contributed by atoms with E-state index in [9.17, 15) is 12.8 Å². The number of rotatable bonds is 3. The van der Waals surface area contributed by atoms with Crippen molar-refractivity contribution >= 4 is 26.4 Å². The van der Waals surface area contributed by atoms with E-state index in [1.807, 2.05) is 19.9 Å². The van der Waals surface area contributed by atoms with Crippen LogP contribution in [-0.4, -0.2) is 26.5 Å². The van der Waals surface area contributed by atoms with Crippen LogP contribution in [0.5, 0.6) is 0 Å². The van der Waals surface area contributed by atoms with Gasteiger partial charge < -0.3 is 4.90 Å². The van der Waals surface area contributed by atoms with Crippen LogP contribution in [0, 0.1) is 25.6 Å². The molecule has 0 unspecified atom stereocenters. The average Bonchev–Trinajstić information content (AvgIpc) is 2.69. The van der Waals surface area contributed by atoms with E-state index in [4.69, 9.17) is 0 Å². The van der Waals surface area contributed by atoms with Crippen molar-refractivity contribution in [3.05, 3.63) is 59.5 Å². The number of sulfone groups is 1. The van der Waals surface area contributed by atoms with Crippen molar-refractivity contribution in [2.45, 2.75) is 43.4 Å². The van der Waals surface area contributed by atoms with Crippen LogP contribution < -0.4 is 4.90 Å². The fourth-order valence-corrected chi connectivity index (χ4v) is 5.42. The van der Waals surface area contributed by atoms with Crippen molar-refractivity contribution in [3.8, 4) is 0 Å². The number of aryl methyl sites for hydroxylation is 2. The van der Waals surface area contributed by atoms with Crippen molar-refractivity contribution in [1.29, 1.82) is 0 Å². The van der Waals surface area contributed by atoms with E-state index in [0.717, 1.165) is 37.1 Å². The Morgan fingerprint density at radius 3 is 2.45 bits per heavy atom.